The second-order valence-electron chi connectivity index (χ2n) is 6.37. The van der Waals surface area contributed by atoms with Crippen LogP contribution in [-0.2, 0) is 6.18 Å². The minimum atomic E-state index is -4.98. The molecule has 1 aromatic carbocycles. The first-order valence-corrected chi connectivity index (χ1v) is 8.23. The lowest BCUT2D eigenvalue weighted by molar-refractivity contribution is -0.138. The van der Waals surface area contributed by atoms with Gasteiger partial charge in [-0.1, -0.05) is 12.8 Å². The van der Waals surface area contributed by atoms with Crippen LogP contribution in [0.4, 0.5) is 27.8 Å². The molecule has 1 fully saturated rings. The van der Waals surface area contributed by atoms with E-state index in [2.05, 4.69) is 10.3 Å². The summed E-state index contributed by atoms with van der Waals surface area (Å²) in [5.74, 6) is -4.20. The maximum atomic E-state index is 13.5. The fourth-order valence-corrected chi connectivity index (χ4v) is 3.20. The van der Waals surface area contributed by atoms with Gasteiger partial charge >= 0.3 is 12.1 Å². The molecule has 1 aromatic heterocycles. The first-order valence-electron chi connectivity index (χ1n) is 8.23. The molecule has 0 radical (unpaired) electrons. The topological polar surface area (TPSA) is 62.2 Å². The summed E-state index contributed by atoms with van der Waals surface area (Å²) < 4.78 is 67.4. The quantitative estimate of drug-likeness (QED) is 0.637. The number of alkyl halides is 3. The first-order chi connectivity index (χ1) is 12.6. The molecule has 152 valence electrons. The Morgan fingerprint density at radius 2 is 1.64 bits per heavy atom. The summed E-state index contributed by atoms with van der Waals surface area (Å²) in [6.07, 6.45) is -1.92. The normalized spacial score (nSPS) is 14.6. The monoisotopic (exact) mass is 422 g/mol. The molecule has 0 bridgehead atoms. The van der Waals surface area contributed by atoms with Gasteiger partial charge < -0.3 is 10.4 Å². The molecule has 0 saturated heterocycles. The largest absolute Gasteiger partial charge is 0.478 e. The standard InChI is InChI=1S/C18H15F5N2O2.ClH/c19-10-5-9(6-11(20)7-10)14-8-13(18(21,22)23)15(17(26)27)16(25-14)24-12-3-1-2-4-12;/h5-8,12H,1-4H2,(H,24,25)(H,26,27);1H. The van der Waals surface area contributed by atoms with Gasteiger partial charge in [-0.2, -0.15) is 13.2 Å². The number of carboxylic acids is 1. The molecule has 2 aromatic rings. The molecule has 1 heterocycles. The average Bonchev–Trinajstić information content (AvgIpc) is 3.05. The van der Waals surface area contributed by atoms with Crippen LogP contribution in [-0.4, -0.2) is 22.1 Å². The predicted octanol–water partition coefficient (Wildman–Crippen LogP) is 5.52. The number of rotatable bonds is 4. The maximum Gasteiger partial charge on any atom is 0.417 e. The lowest BCUT2D eigenvalue weighted by Crippen LogP contribution is -2.22. The van der Waals surface area contributed by atoms with Gasteiger partial charge in [0.2, 0.25) is 0 Å². The first kappa shape index (κ1) is 21.9. The summed E-state index contributed by atoms with van der Waals surface area (Å²) in [4.78, 5) is 15.5. The molecule has 4 nitrogen and oxygen atoms in total. The van der Waals surface area contributed by atoms with Gasteiger partial charge in [-0.25, -0.2) is 18.6 Å². The number of nitrogens with one attached hydrogen (secondary N) is 1. The summed E-state index contributed by atoms with van der Waals surface area (Å²) in [5, 5.41) is 12.1. The number of aromatic nitrogens is 1. The van der Waals surface area contributed by atoms with Gasteiger partial charge in [0.15, 0.2) is 0 Å². The SMILES string of the molecule is Cl.O=C(O)c1c(C(F)(F)F)cc(-c2cc(F)cc(F)c2)nc1NC1CCCC1. The average molecular weight is 423 g/mol. The van der Waals surface area contributed by atoms with Crippen LogP contribution in [0.3, 0.4) is 0 Å². The third-order valence-corrected chi connectivity index (χ3v) is 4.39. The second-order valence-corrected chi connectivity index (χ2v) is 6.37. The highest BCUT2D eigenvalue weighted by atomic mass is 35.5. The van der Waals surface area contributed by atoms with Crippen LogP contribution in [0.2, 0.25) is 0 Å². The van der Waals surface area contributed by atoms with Crippen molar-refractivity contribution in [1.82, 2.24) is 4.98 Å². The molecule has 1 aliphatic carbocycles. The van der Waals surface area contributed by atoms with Gasteiger partial charge in [-0.3, -0.25) is 0 Å². The number of aromatic carboxylic acids is 1. The summed E-state index contributed by atoms with van der Waals surface area (Å²) in [7, 11) is 0. The number of benzene rings is 1. The van der Waals surface area contributed by atoms with Crippen molar-refractivity contribution in [3.63, 3.8) is 0 Å². The second kappa shape index (κ2) is 8.30. The lowest BCUT2D eigenvalue weighted by Gasteiger charge is -2.19. The van der Waals surface area contributed by atoms with E-state index in [0.29, 0.717) is 25.0 Å². The van der Waals surface area contributed by atoms with Crippen molar-refractivity contribution in [2.24, 2.45) is 0 Å². The molecular formula is C18H16ClF5N2O2. The van der Waals surface area contributed by atoms with E-state index in [1.165, 1.54) is 0 Å². The van der Waals surface area contributed by atoms with Gasteiger partial charge in [0.1, 0.15) is 23.0 Å². The third-order valence-electron chi connectivity index (χ3n) is 4.39. The zero-order valence-corrected chi connectivity index (χ0v) is 15.1. The van der Waals surface area contributed by atoms with Crippen molar-refractivity contribution >= 4 is 24.2 Å². The molecule has 0 unspecified atom stereocenters. The number of halogens is 6. The highest BCUT2D eigenvalue weighted by Gasteiger charge is 2.38. The van der Waals surface area contributed by atoms with E-state index in [0.717, 1.165) is 25.0 Å². The zero-order valence-electron chi connectivity index (χ0n) is 14.3. The molecule has 0 atom stereocenters. The van der Waals surface area contributed by atoms with Crippen molar-refractivity contribution in [2.45, 2.75) is 37.9 Å². The Labute approximate surface area is 163 Å². The van der Waals surface area contributed by atoms with E-state index in [-0.39, 0.29) is 29.7 Å². The van der Waals surface area contributed by atoms with Crippen molar-refractivity contribution in [3.05, 3.63) is 47.0 Å². The summed E-state index contributed by atoms with van der Waals surface area (Å²) in [6, 6.07) is 2.54. The van der Waals surface area contributed by atoms with Crippen LogP contribution in [0, 0.1) is 11.6 Å². The molecule has 1 saturated carbocycles. The fraction of sp³-hybridized carbons (Fsp3) is 0.333. The van der Waals surface area contributed by atoms with Crippen LogP contribution in [0.1, 0.15) is 41.6 Å². The molecule has 0 aliphatic heterocycles. The predicted molar refractivity (Wildman–Crippen MR) is 94.7 cm³/mol. The van der Waals surface area contributed by atoms with E-state index >= 15 is 0 Å². The van der Waals surface area contributed by atoms with Gasteiger partial charge in [0.25, 0.3) is 0 Å². The van der Waals surface area contributed by atoms with Crippen LogP contribution >= 0.6 is 12.4 Å². The van der Waals surface area contributed by atoms with Crippen LogP contribution in [0.15, 0.2) is 24.3 Å². The van der Waals surface area contributed by atoms with Crippen LogP contribution in [0.25, 0.3) is 11.3 Å². The van der Waals surface area contributed by atoms with Gasteiger partial charge in [-0.05, 0) is 31.0 Å². The summed E-state index contributed by atoms with van der Waals surface area (Å²) in [5.41, 5.74) is -3.02. The number of anilines is 1. The minimum Gasteiger partial charge on any atom is -0.478 e. The van der Waals surface area contributed by atoms with Gasteiger partial charge in [-0.15, -0.1) is 12.4 Å². The Hall–Kier alpha value is -2.42. The van der Waals surface area contributed by atoms with E-state index in [4.69, 9.17) is 0 Å². The Balaban J connectivity index is 0.00000280. The van der Waals surface area contributed by atoms with Gasteiger partial charge in [0.05, 0.1) is 11.3 Å². The van der Waals surface area contributed by atoms with Gasteiger partial charge in [0, 0.05) is 17.7 Å². The lowest BCUT2D eigenvalue weighted by atomic mass is 10.0. The Morgan fingerprint density at radius 1 is 1.07 bits per heavy atom. The number of pyridine rings is 1. The number of carboxylic acid groups (broad SMARTS) is 1. The van der Waals surface area contributed by atoms with E-state index < -0.39 is 40.7 Å². The third kappa shape index (κ3) is 4.70. The Kier molecular flexibility index (Phi) is 6.48. The van der Waals surface area contributed by atoms with Crippen molar-refractivity contribution in [3.8, 4) is 11.3 Å². The molecule has 1 aliphatic rings. The van der Waals surface area contributed by atoms with E-state index in [9.17, 15) is 31.9 Å². The van der Waals surface area contributed by atoms with Crippen LogP contribution < -0.4 is 5.32 Å². The number of hydrogen-bond acceptors (Lipinski definition) is 3. The molecular weight excluding hydrogens is 407 g/mol. The highest BCUT2D eigenvalue weighted by Crippen LogP contribution is 2.38. The Bertz CT molecular complexity index is 863. The van der Waals surface area contributed by atoms with E-state index in [1.54, 1.807) is 0 Å². The summed E-state index contributed by atoms with van der Waals surface area (Å²) in [6.45, 7) is 0. The Morgan fingerprint density at radius 3 is 2.14 bits per heavy atom. The number of nitrogens with zero attached hydrogens (tertiary/aromatic N) is 1. The van der Waals surface area contributed by atoms with Crippen LogP contribution in [0.5, 0.6) is 0 Å². The summed E-state index contributed by atoms with van der Waals surface area (Å²) >= 11 is 0. The molecule has 2 N–H and O–H groups in total. The highest BCUT2D eigenvalue weighted by molar-refractivity contribution is 5.96. The molecule has 0 spiro atoms. The zero-order chi connectivity index (χ0) is 19.8. The van der Waals surface area contributed by atoms with Crippen molar-refractivity contribution in [1.29, 1.82) is 0 Å². The number of hydrogen-bond donors (Lipinski definition) is 2. The fourth-order valence-electron chi connectivity index (χ4n) is 3.20. The maximum absolute atomic E-state index is 13.5. The molecule has 3 rings (SSSR count). The molecule has 10 heteroatoms. The number of carbonyl (C=O) groups is 1. The minimum absolute atomic E-state index is 0. The van der Waals surface area contributed by atoms with E-state index in [1.807, 2.05) is 0 Å². The molecule has 0 amide bonds. The molecule has 28 heavy (non-hydrogen) atoms. The van der Waals surface area contributed by atoms with Crippen molar-refractivity contribution in [2.75, 3.05) is 5.32 Å². The smallest absolute Gasteiger partial charge is 0.417 e. The van der Waals surface area contributed by atoms with Crippen molar-refractivity contribution < 1.29 is 31.9 Å².